The van der Waals surface area contributed by atoms with E-state index in [-0.39, 0.29) is 6.04 Å². The molecular formula is C25H31ClN2O3. The van der Waals surface area contributed by atoms with Gasteiger partial charge in [-0.25, -0.2) is 9.78 Å². The number of hydrogen-bond acceptors (Lipinski definition) is 3. The number of carbonyl (C=O) groups is 1. The van der Waals surface area contributed by atoms with Crippen molar-refractivity contribution < 1.29 is 14.6 Å². The first kappa shape index (κ1) is 23.3. The van der Waals surface area contributed by atoms with E-state index in [1.54, 1.807) is 0 Å². The summed E-state index contributed by atoms with van der Waals surface area (Å²) >= 11 is 6.16. The Labute approximate surface area is 189 Å². The van der Waals surface area contributed by atoms with Crippen molar-refractivity contribution in [2.24, 2.45) is 0 Å². The molecule has 6 heteroatoms. The Balaban J connectivity index is 2.51. The van der Waals surface area contributed by atoms with Crippen LogP contribution in [0.3, 0.4) is 0 Å². The van der Waals surface area contributed by atoms with Crippen LogP contribution in [0.4, 0.5) is 0 Å². The number of carboxylic acids is 1. The molecule has 0 radical (unpaired) electrons. The SMILES string of the molecule is Cc1nc2c(c(C)c(C)n2C(C)C)c(-c2ccc(Cl)cc2)c1[C@@H](OC(C)(C)C)C(=O)O. The van der Waals surface area contributed by atoms with Crippen LogP contribution in [0.25, 0.3) is 22.2 Å². The summed E-state index contributed by atoms with van der Waals surface area (Å²) in [5.74, 6) is -1.04. The lowest BCUT2D eigenvalue weighted by molar-refractivity contribution is -0.160. The summed E-state index contributed by atoms with van der Waals surface area (Å²) in [4.78, 5) is 17.3. The standard InChI is InChI=1S/C25H31ClN2O3/c1-13(2)28-16(5)14(3)19-21(17-9-11-18(26)12-10-17)20(15(4)27-23(19)28)22(24(29)30)31-25(6,7)8/h9-13,22H,1-8H3,(H,29,30)/t22-/m1/s1. The summed E-state index contributed by atoms with van der Waals surface area (Å²) in [6.07, 6.45) is -1.15. The second-order valence-corrected chi connectivity index (χ2v) is 9.75. The van der Waals surface area contributed by atoms with Crippen molar-refractivity contribution in [1.29, 1.82) is 0 Å². The number of fused-ring (bicyclic) bond motifs is 1. The molecule has 1 atom stereocenters. The van der Waals surface area contributed by atoms with Gasteiger partial charge >= 0.3 is 5.97 Å². The molecule has 1 N–H and O–H groups in total. The summed E-state index contributed by atoms with van der Waals surface area (Å²) in [6, 6.07) is 7.72. The van der Waals surface area contributed by atoms with Gasteiger partial charge in [0.2, 0.25) is 0 Å². The molecule has 0 amide bonds. The Morgan fingerprint density at radius 1 is 1.13 bits per heavy atom. The number of aryl methyl sites for hydroxylation is 2. The van der Waals surface area contributed by atoms with E-state index >= 15 is 0 Å². The van der Waals surface area contributed by atoms with Crippen LogP contribution in [-0.2, 0) is 9.53 Å². The van der Waals surface area contributed by atoms with Gasteiger partial charge in [-0.2, -0.15) is 0 Å². The number of nitrogens with zero attached hydrogens (tertiary/aromatic N) is 2. The summed E-state index contributed by atoms with van der Waals surface area (Å²) in [5.41, 5.74) is 5.39. The zero-order valence-electron chi connectivity index (χ0n) is 19.5. The Kier molecular flexibility index (Phi) is 6.23. The predicted molar refractivity (Wildman–Crippen MR) is 126 cm³/mol. The number of ether oxygens (including phenoxy) is 1. The monoisotopic (exact) mass is 442 g/mol. The first-order chi connectivity index (χ1) is 14.3. The van der Waals surface area contributed by atoms with E-state index in [1.807, 2.05) is 52.0 Å². The number of halogens is 1. The maximum Gasteiger partial charge on any atom is 0.337 e. The zero-order chi connectivity index (χ0) is 23.2. The van der Waals surface area contributed by atoms with Crippen molar-refractivity contribution in [1.82, 2.24) is 9.55 Å². The maximum absolute atomic E-state index is 12.4. The van der Waals surface area contributed by atoms with E-state index in [0.29, 0.717) is 16.3 Å². The summed E-state index contributed by atoms with van der Waals surface area (Å²) in [5, 5.41) is 11.7. The lowest BCUT2D eigenvalue weighted by Gasteiger charge is -2.28. The highest BCUT2D eigenvalue weighted by molar-refractivity contribution is 6.30. The van der Waals surface area contributed by atoms with E-state index < -0.39 is 17.7 Å². The Morgan fingerprint density at radius 2 is 1.71 bits per heavy atom. The van der Waals surface area contributed by atoms with Gasteiger partial charge in [0.05, 0.1) is 5.60 Å². The first-order valence-electron chi connectivity index (χ1n) is 10.5. The molecule has 2 heterocycles. The van der Waals surface area contributed by atoms with E-state index in [4.69, 9.17) is 21.3 Å². The highest BCUT2D eigenvalue weighted by atomic mass is 35.5. The van der Waals surface area contributed by atoms with E-state index in [0.717, 1.165) is 33.4 Å². The molecule has 0 aliphatic heterocycles. The van der Waals surface area contributed by atoms with Gasteiger partial charge in [0.15, 0.2) is 6.10 Å². The van der Waals surface area contributed by atoms with Gasteiger partial charge in [-0.15, -0.1) is 0 Å². The van der Waals surface area contributed by atoms with Gasteiger partial charge in [0.25, 0.3) is 0 Å². The van der Waals surface area contributed by atoms with Gasteiger partial charge < -0.3 is 14.4 Å². The van der Waals surface area contributed by atoms with Crippen molar-refractivity contribution in [2.45, 2.75) is 73.1 Å². The molecule has 0 spiro atoms. The molecule has 0 fully saturated rings. The van der Waals surface area contributed by atoms with Crippen LogP contribution in [0.15, 0.2) is 24.3 Å². The summed E-state index contributed by atoms with van der Waals surface area (Å²) in [7, 11) is 0. The summed E-state index contributed by atoms with van der Waals surface area (Å²) in [6.45, 7) is 15.8. The minimum Gasteiger partial charge on any atom is -0.479 e. The van der Waals surface area contributed by atoms with Gasteiger partial charge in [0, 0.05) is 39.0 Å². The van der Waals surface area contributed by atoms with Gasteiger partial charge in [0.1, 0.15) is 5.65 Å². The largest absolute Gasteiger partial charge is 0.479 e. The third-order valence-electron chi connectivity index (χ3n) is 5.52. The van der Waals surface area contributed by atoms with Crippen molar-refractivity contribution in [3.8, 4) is 11.1 Å². The highest BCUT2D eigenvalue weighted by Crippen LogP contribution is 2.42. The number of aliphatic carboxylic acids is 1. The van der Waals surface area contributed by atoms with Crippen LogP contribution in [0, 0.1) is 20.8 Å². The Hall–Kier alpha value is -2.37. The van der Waals surface area contributed by atoms with Crippen molar-refractivity contribution in [3.05, 3.63) is 51.8 Å². The molecule has 3 rings (SSSR count). The molecule has 31 heavy (non-hydrogen) atoms. The number of rotatable bonds is 5. The molecular weight excluding hydrogens is 412 g/mol. The van der Waals surface area contributed by atoms with Crippen molar-refractivity contribution in [3.63, 3.8) is 0 Å². The number of benzene rings is 1. The summed E-state index contributed by atoms with van der Waals surface area (Å²) < 4.78 is 8.26. The molecule has 0 bridgehead atoms. The van der Waals surface area contributed by atoms with Crippen LogP contribution >= 0.6 is 11.6 Å². The van der Waals surface area contributed by atoms with Crippen LogP contribution in [0.5, 0.6) is 0 Å². The fourth-order valence-electron chi connectivity index (χ4n) is 4.21. The van der Waals surface area contributed by atoms with E-state index in [9.17, 15) is 9.90 Å². The molecule has 0 aliphatic carbocycles. The number of carboxylic acid groups (broad SMARTS) is 1. The lowest BCUT2D eigenvalue weighted by atomic mass is 9.91. The van der Waals surface area contributed by atoms with Gasteiger partial charge in [-0.3, -0.25) is 0 Å². The molecule has 5 nitrogen and oxygen atoms in total. The quantitative estimate of drug-likeness (QED) is 0.471. The third-order valence-corrected chi connectivity index (χ3v) is 5.77. The van der Waals surface area contributed by atoms with Crippen LogP contribution < -0.4 is 0 Å². The molecule has 0 saturated carbocycles. The normalized spacial score (nSPS) is 13.2. The van der Waals surface area contributed by atoms with Gasteiger partial charge in [-0.1, -0.05) is 23.7 Å². The van der Waals surface area contributed by atoms with Crippen molar-refractivity contribution >= 4 is 28.6 Å². The van der Waals surface area contributed by atoms with Crippen LogP contribution in [-0.4, -0.2) is 26.2 Å². The average Bonchev–Trinajstić information content (AvgIpc) is 2.89. The lowest BCUT2D eigenvalue weighted by Crippen LogP contribution is -2.28. The minimum absolute atomic E-state index is 0.216. The number of pyridine rings is 1. The van der Waals surface area contributed by atoms with Crippen LogP contribution in [0.2, 0.25) is 5.02 Å². The molecule has 1 aromatic carbocycles. The maximum atomic E-state index is 12.4. The second-order valence-electron chi connectivity index (χ2n) is 9.31. The molecule has 2 aromatic heterocycles. The van der Waals surface area contributed by atoms with E-state index in [1.165, 1.54) is 0 Å². The molecule has 0 aliphatic rings. The molecule has 166 valence electrons. The minimum atomic E-state index is -1.15. The molecule has 0 unspecified atom stereocenters. The second kappa shape index (κ2) is 8.29. The Morgan fingerprint density at radius 3 is 2.19 bits per heavy atom. The number of hydrogen-bond donors (Lipinski definition) is 1. The average molecular weight is 443 g/mol. The zero-order valence-corrected chi connectivity index (χ0v) is 20.3. The third kappa shape index (κ3) is 4.35. The number of aromatic nitrogens is 2. The van der Waals surface area contributed by atoms with Crippen molar-refractivity contribution in [2.75, 3.05) is 0 Å². The smallest absolute Gasteiger partial charge is 0.337 e. The Bertz CT molecular complexity index is 1140. The van der Waals surface area contributed by atoms with Gasteiger partial charge in [-0.05, 0) is 78.6 Å². The molecule has 0 saturated heterocycles. The predicted octanol–water partition coefficient (Wildman–Crippen LogP) is 6.80. The topological polar surface area (TPSA) is 64.4 Å². The first-order valence-corrected chi connectivity index (χ1v) is 10.9. The fourth-order valence-corrected chi connectivity index (χ4v) is 4.33. The van der Waals surface area contributed by atoms with Crippen LogP contribution in [0.1, 0.15) is 69.3 Å². The molecule has 3 aromatic rings. The van der Waals surface area contributed by atoms with E-state index in [2.05, 4.69) is 32.3 Å². The fraction of sp³-hybridized carbons (Fsp3) is 0.440. The highest BCUT2D eigenvalue weighted by Gasteiger charge is 2.33.